The van der Waals surface area contributed by atoms with Crippen molar-refractivity contribution in [3.63, 3.8) is 0 Å². The van der Waals surface area contributed by atoms with Gasteiger partial charge in [-0.2, -0.15) is 0 Å². The van der Waals surface area contributed by atoms with Gasteiger partial charge < -0.3 is 14.8 Å². The Morgan fingerprint density at radius 3 is 2.70 bits per heavy atom. The minimum atomic E-state index is -0.342. The fourth-order valence-electron chi connectivity index (χ4n) is 2.36. The molecule has 1 atom stereocenters. The smallest absolute Gasteiger partial charge is 0.407 e. The lowest BCUT2D eigenvalue weighted by Gasteiger charge is -2.23. The molecule has 1 fully saturated rings. The van der Waals surface area contributed by atoms with E-state index in [0.29, 0.717) is 6.61 Å². The van der Waals surface area contributed by atoms with E-state index in [1.54, 1.807) is 7.11 Å². The first-order chi connectivity index (χ1) is 9.26. The quantitative estimate of drug-likeness (QED) is 0.922. The van der Waals surface area contributed by atoms with Gasteiger partial charge in [0.1, 0.15) is 5.75 Å². The molecule has 0 saturated carbocycles. The summed E-state index contributed by atoms with van der Waals surface area (Å²) in [7, 11) is 1.66. The number of alkyl carbamates (subject to hydrolysis) is 1. The van der Waals surface area contributed by atoms with Gasteiger partial charge >= 0.3 is 6.09 Å². The van der Waals surface area contributed by atoms with Crippen molar-refractivity contribution in [1.82, 2.24) is 5.32 Å². The zero-order valence-electron chi connectivity index (χ0n) is 11.1. The fourth-order valence-corrected chi connectivity index (χ4v) is 2.36. The predicted octanol–water partition coefficient (Wildman–Crippen LogP) is 3.44. The summed E-state index contributed by atoms with van der Waals surface area (Å²) in [6.07, 6.45) is 0.457. The number of methoxy groups -OCH3 is 1. The number of amides is 1. The van der Waals surface area contributed by atoms with Gasteiger partial charge in [-0.25, -0.2) is 4.79 Å². The first kappa shape index (κ1) is 14.5. The first-order valence-corrected chi connectivity index (χ1v) is 6.27. The molecule has 3 rings (SSSR count). The van der Waals surface area contributed by atoms with Crippen molar-refractivity contribution < 1.29 is 14.3 Å². The van der Waals surface area contributed by atoms with E-state index in [1.165, 1.54) is 0 Å². The highest BCUT2D eigenvalue weighted by Gasteiger charge is 2.20. The molecule has 0 aliphatic carbocycles. The van der Waals surface area contributed by atoms with Gasteiger partial charge in [0.2, 0.25) is 0 Å². The second kappa shape index (κ2) is 6.01. The van der Waals surface area contributed by atoms with Crippen LogP contribution in [0.5, 0.6) is 5.75 Å². The molecular formula is C15H16ClNO3. The van der Waals surface area contributed by atoms with Crippen LogP contribution in [0.4, 0.5) is 4.79 Å². The van der Waals surface area contributed by atoms with Crippen LogP contribution in [0.3, 0.4) is 0 Å². The topological polar surface area (TPSA) is 47.6 Å². The van der Waals surface area contributed by atoms with Crippen molar-refractivity contribution in [2.75, 3.05) is 13.7 Å². The second-order valence-electron chi connectivity index (χ2n) is 4.59. The van der Waals surface area contributed by atoms with Crippen LogP contribution >= 0.6 is 12.4 Å². The zero-order valence-corrected chi connectivity index (χ0v) is 11.9. The number of carbonyl (C=O) groups excluding carboxylic acids is 1. The number of ether oxygens (including phenoxy) is 2. The molecule has 4 nitrogen and oxygen atoms in total. The number of nitrogens with one attached hydrogen (secondary N) is 1. The van der Waals surface area contributed by atoms with Crippen LogP contribution in [-0.2, 0) is 4.74 Å². The van der Waals surface area contributed by atoms with Crippen LogP contribution in [0.15, 0.2) is 36.4 Å². The van der Waals surface area contributed by atoms with Crippen LogP contribution < -0.4 is 10.1 Å². The van der Waals surface area contributed by atoms with Gasteiger partial charge in [-0.3, -0.25) is 0 Å². The molecule has 1 saturated heterocycles. The van der Waals surface area contributed by atoms with Gasteiger partial charge in [-0.1, -0.05) is 18.2 Å². The largest absolute Gasteiger partial charge is 0.497 e. The molecule has 0 spiro atoms. The van der Waals surface area contributed by atoms with E-state index in [9.17, 15) is 4.79 Å². The highest BCUT2D eigenvalue weighted by Crippen LogP contribution is 2.26. The van der Waals surface area contributed by atoms with Crippen LogP contribution in [0, 0.1) is 0 Å². The molecule has 2 aromatic rings. The van der Waals surface area contributed by atoms with Gasteiger partial charge in [-0.15, -0.1) is 12.4 Å². The molecule has 0 aromatic heterocycles. The molecule has 0 radical (unpaired) electrons. The lowest BCUT2D eigenvalue weighted by Crippen LogP contribution is -2.35. The molecule has 2 aromatic carbocycles. The fraction of sp³-hybridized carbons (Fsp3) is 0.267. The van der Waals surface area contributed by atoms with E-state index in [2.05, 4.69) is 17.4 Å². The summed E-state index contributed by atoms with van der Waals surface area (Å²) in [5.41, 5.74) is 1.11. The van der Waals surface area contributed by atoms with E-state index in [-0.39, 0.29) is 24.5 Å². The molecule has 1 heterocycles. The lowest BCUT2D eigenvalue weighted by atomic mass is 9.99. The molecule has 5 heteroatoms. The third-order valence-electron chi connectivity index (χ3n) is 3.41. The van der Waals surface area contributed by atoms with E-state index < -0.39 is 0 Å². The summed E-state index contributed by atoms with van der Waals surface area (Å²) in [5, 5.41) is 5.10. The number of cyclic esters (lactones) is 1. The minimum absolute atomic E-state index is 0. The number of rotatable bonds is 2. The average Bonchev–Trinajstić information content (AvgIpc) is 2.46. The maximum atomic E-state index is 11.2. The molecule has 1 aliphatic heterocycles. The first-order valence-electron chi connectivity index (χ1n) is 6.27. The Morgan fingerprint density at radius 2 is 1.95 bits per heavy atom. The number of benzene rings is 2. The van der Waals surface area contributed by atoms with E-state index in [4.69, 9.17) is 9.47 Å². The standard InChI is InChI=1S/C15H15NO3.ClH/c1-18-13-5-4-10-8-12(3-2-11(10)9-13)14-6-7-19-15(17)16-14;/h2-5,8-9,14H,6-7H2,1H3,(H,16,17);1H/t14-;/m1./s1. The maximum absolute atomic E-state index is 11.2. The summed E-state index contributed by atoms with van der Waals surface area (Å²) in [5.74, 6) is 0.847. The van der Waals surface area contributed by atoms with Crippen molar-refractivity contribution in [1.29, 1.82) is 0 Å². The van der Waals surface area contributed by atoms with Crippen molar-refractivity contribution in [3.8, 4) is 5.75 Å². The Bertz CT molecular complexity index is 630. The summed E-state index contributed by atoms with van der Waals surface area (Å²) in [6.45, 7) is 0.469. The summed E-state index contributed by atoms with van der Waals surface area (Å²) >= 11 is 0. The van der Waals surface area contributed by atoms with Gasteiger partial charge in [0.25, 0.3) is 0 Å². The van der Waals surface area contributed by atoms with Crippen molar-refractivity contribution in [3.05, 3.63) is 42.0 Å². The SMILES string of the molecule is COc1ccc2cc([C@H]3CCOC(=O)N3)ccc2c1.Cl. The Hall–Kier alpha value is -1.94. The average molecular weight is 294 g/mol. The monoisotopic (exact) mass is 293 g/mol. The second-order valence-corrected chi connectivity index (χ2v) is 4.59. The Kier molecular flexibility index (Phi) is 4.35. The number of halogens is 1. The third-order valence-corrected chi connectivity index (χ3v) is 3.41. The predicted molar refractivity (Wildman–Crippen MR) is 79.6 cm³/mol. The van der Waals surface area contributed by atoms with Crippen molar-refractivity contribution in [2.45, 2.75) is 12.5 Å². The van der Waals surface area contributed by atoms with Gasteiger partial charge in [-0.05, 0) is 34.5 Å². The van der Waals surface area contributed by atoms with Gasteiger partial charge in [0, 0.05) is 6.42 Å². The molecule has 0 bridgehead atoms. The summed E-state index contributed by atoms with van der Waals surface area (Å²) in [4.78, 5) is 11.2. The maximum Gasteiger partial charge on any atom is 0.407 e. The summed E-state index contributed by atoms with van der Waals surface area (Å²) < 4.78 is 10.1. The molecule has 1 amide bonds. The Labute approximate surface area is 123 Å². The Morgan fingerprint density at radius 1 is 1.20 bits per heavy atom. The summed E-state index contributed by atoms with van der Waals surface area (Å²) in [6, 6.07) is 12.2. The number of hydrogen-bond acceptors (Lipinski definition) is 3. The molecule has 0 unspecified atom stereocenters. The molecular weight excluding hydrogens is 278 g/mol. The molecule has 1 N–H and O–H groups in total. The van der Waals surface area contributed by atoms with Crippen LogP contribution in [-0.4, -0.2) is 19.8 Å². The van der Waals surface area contributed by atoms with Crippen molar-refractivity contribution >= 4 is 29.3 Å². The Balaban J connectivity index is 0.00000147. The van der Waals surface area contributed by atoms with Crippen LogP contribution in [0.25, 0.3) is 10.8 Å². The normalized spacial score (nSPS) is 17.9. The van der Waals surface area contributed by atoms with Gasteiger partial charge in [0.05, 0.1) is 19.8 Å². The van der Waals surface area contributed by atoms with Crippen molar-refractivity contribution in [2.24, 2.45) is 0 Å². The highest BCUT2D eigenvalue weighted by atomic mass is 35.5. The van der Waals surface area contributed by atoms with Crippen LogP contribution in [0.2, 0.25) is 0 Å². The third kappa shape index (κ3) is 2.80. The number of fused-ring (bicyclic) bond motifs is 1. The van der Waals surface area contributed by atoms with Gasteiger partial charge in [0.15, 0.2) is 0 Å². The van der Waals surface area contributed by atoms with E-state index in [0.717, 1.165) is 28.5 Å². The lowest BCUT2D eigenvalue weighted by molar-refractivity contribution is 0.115. The van der Waals surface area contributed by atoms with E-state index >= 15 is 0 Å². The highest BCUT2D eigenvalue weighted by molar-refractivity contribution is 5.85. The number of hydrogen-bond donors (Lipinski definition) is 1. The number of carbonyl (C=O) groups is 1. The minimum Gasteiger partial charge on any atom is -0.497 e. The molecule has 106 valence electrons. The van der Waals surface area contributed by atoms with E-state index in [1.807, 2.05) is 24.3 Å². The molecule has 20 heavy (non-hydrogen) atoms. The zero-order chi connectivity index (χ0) is 13.2. The molecule has 1 aliphatic rings. The van der Waals surface area contributed by atoms with Crippen LogP contribution in [0.1, 0.15) is 18.0 Å².